The average Bonchev–Trinajstić information content (AvgIpc) is 2.84. The van der Waals surface area contributed by atoms with Gasteiger partial charge in [-0.15, -0.1) is 0 Å². The number of nitrogens with one attached hydrogen (secondary N) is 1. The number of halogens is 4. The highest BCUT2D eigenvalue weighted by molar-refractivity contribution is 6.32. The van der Waals surface area contributed by atoms with E-state index in [1.165, 1.54) is 12.3 Å². The lowest BCUT2D eigenvalue weighted by atomic mass is 10.1. The Morgan fingerprint density at radius 2 is 2.05 bits per heavy atom. The number of carbonyl (C=O) groups excluding carboxylic acids is 1. The Morgan fingerprint density at radius 1 is 1.33 bits per heavy atom. The number of rotatable bonds is 2. The molecule has 0 fully saturated rings. The summed E-state index contributed by atoms with van der Waals surface area (Å²) in [5, 5.41) is 11.0. The van der Waals surface area contributed by atoms with Crippen LogP contribution in [0.15, 0.2) is 34.9 Å². The second-order valence-electron chi connectivity index (χ2n) is 3.93. The molecule has 0 unspecified atom stereocenters. The predicted octanol–water partition coefficient (Wildman–Crippen LogP) is 4.08. The van der Waals surface area contributed by atoms with Crippen LogP contribution in [-0.2, 0) is 6.18 Å². The van der Waals surface area contributed by atoms with Gasteiger partial charge in [0.15, 0.2) is 0 Å². The van der Waals surface area contributed by atoms with Crippen molar-refractivity contribution in [3.8, 4) is 6.07 Å². The maximum atomic E-state index is 12.5. The van der Waals surface area contributed by atoms with Gasteiger partial charge in [-0.05, 0) is 35.9 Å². The van der Waals surface area contributed by atoms with Crippen LogP contribution in [0.5, 0.6) is 0 Å². The summed E-state index contributed by atoms with van der Waals surface area (Å²) in [5.41, 5.74) is -1.32. The van der Waals surface area contributed by atoms with Crippen LogP contribution < -0.4 is 5.32 Å². The second-order valence-corrected chi connectivity index (χ2v) is 4.28. The summed E-state index contributed by atoms with van der Waals surface area (Å²) in [7, 11) is 0. The summed E-state index contributed by atoms with van der Waals surface area (Å²) in [4.78, 5) is 11.9. The van der Waals surface area contributed by atoms with Crippen molar-refractivity contribution in [1.29, 1.82) is 5.26 Å². The Morgan fingerprint density at radius 3 is 2.57 bits per heavy atom. The molecule has 0 aliphatic rings. The molecule has 2 aromatic rings. The van der Waals surface area contributed by atoms with Gasteiger partial charge >= 0.3 is 6.18 Å². The smallest absolute Gasteiger partial charge is 0.416 e. The molecule has 108 valence electrons. The van der Waals surface area contributed by atoms with Crippen LogP contribution in [0.4, 0.5) is 18.9 Å². The molecule has 2 rings (SSSR count). The highest BCUT2D eigenvalue weighted by Crippen LogP contribution is 2.32. The van der Waals surface area contributed by atoms with E-state index in [1.54, 1.807) is 6.07 Å². The fraction of sp³-hybridized carbons (Fsp3) is 0.0769. The maximum absolute atomic E-state index is 12.5. The van der Waals surface area contributed by atoms with Crippen LogP contribution in [0.3, 0.4) is 0 Å². The van der Waals surface area contributed by atoms with Crippen molar-refractivity contribution >= 4 is 23.2 Å². The third-order valence-electron chi connectivity index (χ3n) is 2.58. The zero-order chi connectivity index (χ0) is 15.6. The largest absolute Gasteiger partial charge is 0.452 e. The normalized spacial score (nSPS) is 11.0. The first-order valence-electron chi connectivity index (χ1n) is 5.48. The molecule has 0 aliphatic heterocycles. The van der Waals surface area contributed by atoms with E-state index >= 15 is 0 Å². The summed E-state index contributed by atoms with van der Waals surface area (Å²) in [6.07, 6.45) is -3.38. The van der Waals surface area contributed by atoms with Crippen molar-refractivity contribution in [2.24, 2.45) is 0 Å². The van der Waals surface area contributed by atoms with Gasteiger partial charge in [-0.25, -0.2) is 0 Å². The Labute approximate surface area is 121 Å². The highest BCUT2D eigenvalue weighted by Gasteiger charge is 2.31. The molecule has 0 radical (unpaired) electrons. The van der Waals surface area contributed by atoms with E-state index in [4.69, 9.17) is 21.3 Å². The molecule has 1 aromatic carbocycles. The molecular formula is C13H6ClF3N2O2. The molecule has 4 nitrogen and oxygen atoms in total. The molecule has 1 aromatic heterocycles. The van der Waals surface area contributed by atoms with Gasteiger partial charge in [-0.2, -0.15) is 18.4 Å². The van der Waals surface area contributed by atoms with Gasteiger partial charge in [0.05, 0.1) is 28.6 Å². The Hall–Kier alpha value is -2.46. The van der Waals surface area contributed by atoms with Crippen molar-refractivity contribution in [2.75, 3.05) is 5.32 Å². The van der Waals surface area contributed by atoms with Crippen LogP contribution >= 0.6 is 11.6 Å². The number of hydrogen-bond donors (Lipinski definition) is 1. The number of furan rings is 1. The van der Waals surface area contributed by atoms with Crippen molar-refractivity contribution in [3.05, 3.63) is 52.4 Å². The van der Waals surface area contributed by atoms with Crippen molar-refractivity contribution in [3.63, 3.8) is 0 Å². The molecule has 0 bridgehead atoms. The van der Waals surface area contributed by atoms with Gasteiger partial charge in [-0.3, -0.25) is 4.79 Å². The lowest BCUT2D eigenvalue weighted by Crippen LogP contribution is -2.13. The second kappa shape index (κ2) is 5.50. The molecule has 8 heteroatoms. The van der Waals surface area contributed by atoms with Crippen molar-refractivity contribution in [1.82, 2.24) is 0 Å². The summed E-state index contributed by atoms with van der Waals surface area (Å²) in [5.74, 6) is -0.690. The number of nitriles is 1. The maximum Gasteiger partial charge on any atom is 0.416 e. The van der Waals surface area contributed by atoms with Gasteiger partial charge in [0, 0.05) is 0 Å². The minimum absolute atomic E-state index is 0.0143. The van der Waals surface area contributed by atoms with Crippen molar-refractivity contribution in [2.45, 2.75) is 6.18 Å². The van der Waals surface area contributed by atoms with Crippen LogP contribution in [0.25, 0.3) is 0 Å². The third-order valence-corrected chi connectivity index (χ3v) is 2.87. The SMILES string of the molecule is N#Cc1cc(C(F)(F)F)ccc1NC(=O)c1ccoc1Cl. The van der Waals surface area contributed by atoms with Crippen LogP contribution in [0, 0.1) is 11.3 Å². The molecule has 21 heavy (non-hydrogen) atoms. The number of anilines is 1. The first kappa shape index (κ1) is 14.9. The van der Waals surface area contributed by atoms with Gasteiger partial charge in [0.25, 0.3) is 5.91 Å². The number of nitrogens with zero attached hydrogens (tertiary/aromatic N) is 1. The Kier molecular flexibility index (Phi) is 3.91. The zero-order valence-electron chi connectivity index (χ0n) is 10.2. The van der Waals surface area contributed by atoms with E-state index in [0.717, 1.165) is 12.1 Å². The fourth-order valence-electron chi connectivity index (χ4n) is 1.57. The van der Waals surface area contributed by atoms with E-state index < -0.39 is 17.6 Å². The van der Waals surface area contributed by atoms with Gasteiger partial charge < -0.3 is 9.73 Å². The number of benzene rings is 1. The number of alkyl halides is 3. The molecule has 0 saturated heterocycles. The molecule has 0 aliphatic carbocycles. The van der Waals surface area contributed by atoms with E-state index in [1.807, 2.05) is 0 Å². The van der Waals surface area contributed by atoms with Gasteiger partial charge in [0.1, 0.15) is 6.07 Å². The Bertz CT molecular complexity index is 732. The minimum atomic E-state index is -4.57. The first-order chi connectivity index (χ1) is 9.82. The van der Waals surface area contributed by atoms with E-state index in [2.05, 4.69) is 5.32 Å². The number of hydrogen-bond acceptors (Lipinski definition) is 3. The number of carbonyl (C=O) groups is 1. The summed E-state index contributed by atoms with van der Waals surface area (Å²) in [6, 6.07) is 5.34. The minimum Gasteiger partial charge on any atom is -0.452 e. The van der Waals surface area contributed by atoms with E-state index in [9.17, 15) is 18.0 Å². The standard InChI is InChI=1S/C13H6ClF3N2O2/c14-11-9(3-4-21-11)12(20)19-10-2-1-8(13(15,16)17)5-7(10)6-18/h1-5H,(H,19,20). The molecular weight excluding hydrogens is 309 g/mol. The van der Waals surface area contributed by atoms with E-state index in [-0.39, 0.29) is 22.0 Å². The molecule has 0 atom stereocenters. The predicted molar refractivity (Wildman–Crippen MR) is 67.8 cm³/mol. The van der Waals surface area contributed by atoms with Crippen LogP contribution in [0.2, 0.25) is 5.22 Å². The van der Waals surface area contributed by atoms with Gasteiger partial charge in [0.2, 0.25) is 5.22 Å². The van der Waals surface area contributed by atoms with Crippen molar-refractivity contribution < 1.29 is 22.4 Å². The van der Waals surface area contributed by atoms with E-state index in [0.29, 0.717) is 6.07 Å². The summed E-state index contributed by atoms with van der Waals surface area (Å²) < 4.78 is 42.4. The van der Waals surface area contributed by atoms with Crippen LogP contribution in [0.1, 0.15) is 21.5 Å². The fourth-order valence-corrected chi connectivity index (χ4v) is 1.77. The molecule has 0 spiro atoms. The highest BCUT2D eigenvalue weighted by atomic mass is 35.5. The summed E-state index contributed by atoms with van der Waals surface area (Å²) in [6.45, 7) is 0. The van der Waals surface area contributed by atoms with Gasteiger partial charge in [-0.1, -0.05) is 0 Å². The lowest BCUT2D eigenvalue weighted by Gasteiger charge is -2.10. The third kappa shape index (κ3) is 3.17. The summed E-state index contributed by atoms with van der Waals surface area (Å²) >= 11 is 5.62. The lowest BCUT2D eigenvalue weighted by molar-refractivity contribution is -0.137. The quantitative estimate of drug-likeness (QED) is 0.908. The molecule has 0 saturated carbocycles. The molecule has 1 amide bonds. The molecule has 1 heterocycles. The topological polar surface area (TPSA) is 66.0 Å². The monoisotopic (exact) mass is 314 g/mol. The van der Waals surface area contributed by atoms with Crippen LogP contribution in [-0.4, -0.2) is 5.91 Å². The zero-order valence-corrected chi connectivity index (χ0v) is 10.9. The molecule has 1 N–H and O–H groups in total. The average molecular weight is 315 g/mol. The Balaban J connectivity index is 2.31. The number of amides is 1. The first-order valence-corrected chi connectivity index (χ1v) is 5.86.